The van der Waals surface area contributed by atoms with Crippen LogP contribution >= 0.6 is 0 Å². The van der Waals surface area contributed by atoms with Crippen LogP contribution in [0.1, 0.15) is 49.9 Å². The lowest BCUT2D eigenvalue weighted by molar-refractivity contribution is -0.147. The molecule has 8 heteroatoms. The fourth-order valence-corrected chi connectivity index (χ4v) is 3.20. The minimum Gasteiger partial charge on any atom is -0.467 e. The quantitative estimate of drug-likeness (QED) is 0.733. The third-order valence-corrected chi connectivity index (χ3v) is 5.03. The number of benzene rings is 2. The molecule has 3 rings (SSSR count). The summed E-state index contributed by atoms with van der Waals surface area (Å²) in [7, 11) is 1.23. The predicted molar refractivity (Wildman–Crippen MR) is 110 cm³/mol. The summed E-state index contributed by atoms with van der Waals surface area (Å²) in [5, 5.41) is 6.33. The summed E-state index contributed by atoms with van der Waals surface area (Å²) in [6.45, 7) is 6.20. The number of carbonyl (C=O) groups excluding carboxylic acids is 2. The number of methoxy groups -OCH3 is 1. The molecule has 0 radical (unpaired) electrons. The lowest BCUT2D eigenvalue weighted by Gasteiger charge is -2.22. The average Bonchev–Trinajstić information content (AvgIpc) is 3.22. The first kappa shape index (κ1) is 22.4. The van der Waals surface area contributed by atoms with Crippen molar-refractivity contribution in [3.8, 4) is 0 Å². The smallest absolute Gasteiger partial charge is 0.333 e. The van der Waals surface area contributed by atoms with Crippen molar-refractivity contribution < 1.29 is 27.9 Å². The number of nitrogens with zero attached hydrogens (tertiary/aromatic N) is 1. The molecule has 2 aromatic carbocycles. The van der Waals surface area contributed by atoms with Gasteiger partial charge in [0.15, 0.2) is 6.04 Å². The Morgan fingerprint density at radius 1 is 1.16 bits per heavy atom. The number of nitrogens with one attached hydrogen (secondary N) is 1. The van der Waals surface area contributed by atoms with Crippen molar-refractivity contribution in [3.05, 3.63) is 70.8 Å². The number of ether oxygens (including phenoxy) is 1. The fourth-order valence-electron chi connectivity index (χ4n) is 3.20. The van der Waals surface area contributed by atoms with Crippen molar-refractivity contribution in [1.82, 2.24) is 5.32 Å². The molecule has 0 bridgehead atoms. The fraction of sp³-hybridized carbons (Fsp3) is 0.348. The molecule has 1 aliphatic heterocycles. The molecule has 2 unspecified atom stereocenters. The first-order valence-corrected chi connectivity index (χ1v) is 9.77. The number of amides is 1. The Morgan fingerprint density at radius 2 is 1.84 bits per heavy atom. The van der Waals surface area contributed by atoms with Gasteiger partial charge in [-0.15, -0.1) is 0 Å². The van der Waals surface area contributed by atoms with E-state index < -0.39 is 35.7 Å². The van der Waals surface area contributed by atoms with Crippen LogP contribution in [0.3, 0.4) is 0 Å². The Morgan fingerprint density at radius 3 is 2.45 bits per heavy atom. The third kappa shape index (κ3) is 5.07. The summed E-state index contributed by atoms with van der Waals surface area (Å²) >= 11 is 0. The first-order chi connectivity index (χ1) is 14.6. The second kappa shape index (κ2) is 8.83. The van der Waals surface area contributed by atoms with Crippen LogP contribution in [0.15, 0.2) is 47.6 Å². The molecule has 164 valence electrons. The van der Waals surface area contributed by atoms with Crippen LogP contribution in [-0.2, 0) is 24.6 Å². The highest BCUT2D eigenvalue weighted by Gasteiger charge is 2.34. The molecule has 6 nitrogen and oxygen atoms in total. The van der Waals surface area contributed by atoms with Crippen LogP contribution in [0.2, 0.25) is 0 Å². The van der Waals surface area contributed by atoms with E-state index in [-0.39, 0.29) is 23.1 Å². The lowest BCUT2D eigenvalue weighted by Crippen LogP contribution is -2.40. The lowest BCUT2D eigenvalue weighted by atomic mass is 9.86. The Balaban J connectivity index is 1.73. The number of halogens is 2. The molecule has 1 amide bonds. The van der Waals surface area contributed by atoms with Gasteiger partial charge in [0.25, 0.3) is 5.91 Å². The third-order valence-electron chi connectivity index (χ3n) is 5.03. The van der Waals surface area contributed by atoms with E-state index in [1.54, 1.807) is 12.1 Å². The Labute approximate surface area is 179 Å². The highest BCUT2D eigenvalue weighted by Crippen LogP contribution is 2.25. The molecular formula is C23H24F2N2O4. The summed E-state index contributed by atoms with van der Waals surface area (Å²) in [4.78, 5) is 30.2. The van der Waals surface area contributed by atoms with Crippen LogP contribution in [0.25, 0.3) is 0 Å². The summed E-state index contributed by atoms with van der Waals surface area (Å²) < 4.78 is 32.3. The van der Waals surface area contributed by atoms with Crippen molar-refractivity contribution in [2.45, 2.75) is 44.8 Å². The molecule has 1 N–H and O–H groups in total. The number of carbonyl (C=O) groups is 2. The van der Waals surface area contributed by atoms with Crippen molar-refractivity contribution in [2.75, 3.05) is 7.11 Å². The SMILES string of the molecule is COC(=O)C(NC(=O)C1CC(c2cc(F)ccc2F)=NO1)c1ccc(C(C)(C)C)cc1. The normalized spacial score (nSPS) is 16.8. The minimum atomic E-state index is -1.08. The second-order valence-corrected chi connectivity index (χ2v) is 8.30. The van der Waals surface area contributed by atoms with Crippen LogP contribution in [0, 0.1) is 11.6 Å². The maximum atomic E-state index is 14.0. The molecule has 1 aliphatic rings. The zero-order valence-electron chi connectivity index (χ0n) is 17.7. The van der Waals surface area contributed by atoms with E-state index in [9.17, 15) is 18.4 Å². The van der Waals surface area contributed by atoms with E-state index >= 15 is 0 Å². The van der Waals surface area contributed by atoms with Gasteiger partial charge in [-0.2, -0.15) is 0 Å². The highest BCUT2D eigenvalue weighted by atomic mass is 19.1. The van der Waals surface area contributed by atoms with Crippen molar-refractivity contribution >= 4 is 17.6 Å². The van der Waals surface area contributed by atoms with Gasteiger partial charge in [-0.05, 0) is 34.7 Å². The van der Waals surface area contributed by atoms with Crippen LogP contribution in [0.4, 0.5) is 8.78 Å². The van der Waals surface area contributed by atoms with Gasteiger partial charge in [0.1, 0.15) is 11.6 Å². The topological polar surface area (TPSA) is 77.0 Å². The van der Waals surface area contributed by atoms with Gasteiger partial charge < -0.3 is 14.9 Å². The van der Waals surface area contributed by atoms with E-state index in [0.29, 0.717) is 5.56 Å². The molecule has 2 aromatic rings. The largest absolute Gasteiger partial charge is 0.467 e. The van der Waals surface area contributed by atoms with E-state index in [2.05, 4.69) is 31.2 Å². The molecule has 0 saturated heterocycles. The zero-order chi connectivity index (χ0) is 22.8. The number of hydrogen-bond donors (Lipinski definition) is 1. The van der Waals surface area contributed by atoms with Crippen molar-refractivity contribution in [1.29, 1.82) is 0 Å². The summed E-state index contributed by atoms with van der Waals surface area (Å²) in [5.74, 6) is -2.56. The minimum absolute atomic E-state index is 0.0664. The first-order valence-electron chi connectivity index (χ1n) is 9.77. The predicted octanol–water partition coefficient (Wildman–Crippen LogP) is 3.79. The molecule has 31 heavy (non-hydrogen) atoms. The van der Waals surface area contributed by atoms with E-state index in [1.165, 1.54) is 7.11 Å². The van der Waals surface area contributed by atoms with Crippen molar-refractivity contribution in [3.63, 3.8) is 0 Å². The Kier molecular flexibility index (Phi) is 6.38. The van der Waals surface area contributed by atoms with E-state index in [4.69, 9.17) is 9.57 Å². The monoisotopic (exact) mass is 430 g/mol. The Bertz CT molecular complexity index is 1010. The van der Waals surface area contributed by atoms with E-state index in [0.717, 1.165) is 23.8 Å². The van der Waals surface area contributed by atoms with Crippen LogP contribution in [0.5, 0.6) is 0 Å². The van der Waals surface area contributed by atoms with Gasteiger partial charge in [0.05, 0.1) is 12.8 Å². The van der Waals surface area contributed by atoms with Gasteiger partial charge in [-0.1, -0.05) is 50.2 Å². The van der Waals surface area contributed by atoms with Gasteiger partial charge >= 0.3 is 5.97 Å². The average molecular weight is 430 g/mol. The van der Waals surface area contributed by atoms with Gasteiger partial charge in [0, 0.05) is 12.0 Å². The standard InChI is InChI=1S/C23H24F2N2O4/c1-23(2,3)14-7-5-13(6-8-14)20(22(29)30-4)26-21(28)19-12-18(27-31-19)16-11-15(24)9-10-17(16)25/h5-11,19-20H,12H2,1-4H3,(H,26,28). The number of esters is 1. The van der Waals surface area contributed by atoms with E-state index in [1.807, 2.05) is 12.1 Å². The summed E-state index contributed by atoms with van der Waals surface area (Å²) in [6.07, 6.45) is -1.15. The highest BCUT2D eigenvalue weighted by molar-refractivity contribution is 6.04. The second-order valence-electron chi connectivity index (χ2n) is 8.30. The summed E-state index contributed by atoms with van der Waals surface area (Å²) in [5.41, 5.74) is 1.59. The van der Waals surface area contributed by atoms with Crippen molar-refractivity contribution in [2.24, 2.45) is 5.16 Å². The zero-order valence-corrected chi connectivity index (χ0v) is 17.7. The molecule has 0 aromatic heterocycles. The Hall–Kier alpha value is -3.29. The molecule has 1 heterocycles. The molecule has 0 fully saturated rings. The molecule has 0 aliphatic carbocycles. The molecule has 0 spiro atoms. The molecule has 0 saturated carbocycles. The number of hydrogen-bond acceptors (Lipinski definition) is 5. The maximum Gasteiger partial charge on any atom is 0.333 e. The molecular weight excluding hydrogens is 406 g/mol. The van der Waals surface area contributed by atoms with Gasteiger partial charge in [0.2, 0.25) is 6.10 Å². The number of rotatable bonds is 5. The summed E-state index contributed by atoms with van der Waals surface area (Å²) in [6, 6.07) is 9.19. The molecule has 2 atom stereocenters. The number of oxime groups is 1. The van der Waals surface area contributed by atoms with Crippen LogP contribution in [-0.4, -0.2) is 30.8 Å². The van der Waals surface area contributed by atoms with Gasteiger partial charge in [-0.3, -0.25) is 4.79 Å². The maximum absolute atomic E-state index is 14.0. The van der Waals surface area contributed by atoms with Crippen LogP contribution < -0.4 is 5.32 Å². The van der Waals surface area contributed by atoms with Gasteiger partial charge in [-0.25, -0.2) is 13.6 Å².